The molecule has 0 spiro atoms. The Kier molecular flexibility index (Phi) is 5.35. The van der Waals surface area contributed by atoms with Crippen LogP contribution in [-0.2, 0) is 10.3 Å². The molecule has 1 aromatic rings. The number of nitrogens with one attached hydrogen (secondary N) is 1. The maximum absolute atomic E-state index is 12.1. The van der Waals surface area contributed by atoms with Crippen LogP contribution >= 0.6 is 15.9 Å². The quantitative estimate of drug-likeness (QED) is 0.820. The number of benzene rings is 1. The van der Waals surface area contributed by atoms with Gasteiger partial charge in [0.1, 0.15) is 0 Å². The molecule has 3 nitrogen and oxygen atoms in total. The van der Waals surface area contributed by atoms with Crippen LogP contribution < -0.4 is 5.32 Å². The molecule has 2 atom stereocenters. The van der Waals surface area contributed by atoms with E-state index >= 15 is 0 Å². The minimum Gasteiger partial charge on any atom is -0.394 e. The molecule has 0 aliphatic heterocycles. The van der Waals surface area contributed by atoms with Crippen LogP contribution in [-0.4, -0.2) is 22.4 Å². The van der Waals surface area contributed by atoms with Crippen LogP contribution in [0.5, 0.6) is 0 Å². The van der Waals surface area contributed by atoms with Crippen LogP contribution in [0.1, 0.15) is 26.3 Å². The van der Waals surface area contributed by atoms with Gasteiger partial charge in [0.2, 0.25) is 5.91 Å². The lowest BCUT2D eigenvalue weighted by Gasteiger charge is -2.31. The average Bonchev–Trinajstić information content (AvgIpc) is 2.38. The monoisotopic (exact) mass is 313 g/mol. The fourth-order valence-electron chi connectivity index (χ4n) is 1.65. The molecule has 0 aliphatic rings. The third-order valence-electron chi connectivity index (χ3n) is 2.96. The summed E-state index contributed by atoms with van der Waals surface area (Å²) in [7, 11) is 0. The molecule has 0 fully saturated rings. The topological polar surface area (TPSA) is 49.3 Å². The fraction of sp³-hybridized carbons (Fsp3) is 0.500. The van der Waals surface area contributed by atoms with Gasteiger partial charge in [-0.3, -0.25) is 4.79 Å². The summed E-state index contributed by atoms with van der Waals surface area (Å²) in [6.45, 7) is 5.62. The second kappa shape index (κ2) is 6.34. The van der Waals surface area contributed by atoms with E-state index < -0.39 is 5.54 Å². The first kappa shape index (κ1) is 15.2. The lowest BCUT2D eigenvalue weighted by atomic mass is 9.92. The van der Waals surface area contributed by atoms with Gasteiger partial charge < -0.3 is 10.4 Å². The molecule has 18 heavy (non-hydrogen) atoms. The molecule has 4 heteroatoms. The lowest BCUT2D eigenvalue weighted by Crippen LogP contribution is -2.49. The zero-order valence-electron chi connectivity index (χ0n) is 11.0. The van der Waals surface area contributed by atoms with E-state index in [1.807, 2.05) is 51.1 Å². The minimum absolute atomic E-state index is 0.106. The summed E-state index contributed by atoms with van der Waals surface area (Å²) in [6.07, 6.45) is 0. The molecule has 0 radical (unpaired) electrons. The predicted octanol–water partition coefficient (Wildman–Crippen LogP) is 2.43. The highest BCUT2D eigenvalue weighted by Gasteiger charge is 2.30. The van der Waals surface area contributed by atoms with E-state index in [0.29, 0.717) is 0 Å². The molecular formula is C14H20BrNO2. The van der Waals surface area contributed by atoms with Crippen molar-refractivity contribution in [3.63, 3.8) is 0 Å². The highest BCUT2D eigenvalue weighted by atomic mass is 79.9. The van der Waals surface area contributed by atoms with Crippen molar-refractivity contribution in [2.75, 3.05) is 6.61 Å². The summed E-state index contributed by atoms with van der Waals surface area (Å²) in [5.74, 6) is 0.0918. The standard InChI is InChI=1S/C14H20BrNO2/c1-10(2)12(15)13(18)16-14(3,9-17)11-7-5-4-6-8-11/h4-8,10,12,17H,9H2,1-3H3,(H,16,18). The number of carbonyl (C=O) groups is 1. The maximum Gasteiger partial charge on any atom is 0.234 e. The number of aliphatic hydroxyl groups excluding tert-OH is 1. The van der Waals surface area contributed by atoms with Gasteiger partial charge in [-0.25, -0.2) is 0 Å². The number of aliphatic hydroxyl groups is 1. The van der Waals surface area contributed by atoms with Gasteiger partial charge in [0.05, 0.1) is 17.0 Å². The summed E-state index contributed by atoms with van der Waals surface area (Å²) in [6, 6.07) is 9.49. The Hall–Kier alpha value is -0.870. The number of amides is 1. The number of hydrogen-bond donors (Lipinski definition) is 2. The molecule has 0 aliphatic carbocycles. The van der Waals surface area contributed by atoms with Crippen LogP contribution in [0.15, 0.2) is 30.3 Å². The number of halogens is 1. The van der Waals surface area contributed by atoms with Gasteiger partial charge >= 0.3 is 0 Å². The van der Waals surface area contributed by atoms with E-state index in [-0.39, 0.29) is 23.3 Å². The molecule has 1 amide bonds. The zero-order chi connectivity index (χ0) is 13.8. The molecular weight excluding hydrogens is 294 g/mol. The van der Waals surface area contributed by atoms with Crippen molar-refractivity contribution in [1.82, 2.24) is 5.32 Å². The second-order valence-corrected chi connectivity index (χ2v) is 5.98. The van der Waals surface area contributed by atoms with E-state index in [2.05, 4.69) is 21.2 Å². The molecule has 1 aromatic carbocycles. The summed E-state index contributed by atoms with van der Waals surface area (Å²) in [4.78, 5) is 11.8. The van der Waals surface area contributed by atoms with Crippen molar-refractivity contribution in [2.24, 2.45) is 5.92 Å². The van der Waals surface area contributed by atoms with Gasteiger partial charge in [-0.15, -0.1) is 0 Å². The third kappa shape index (κ3) is 3.56. The average molecular weight is 314 g/mol. The molecule has 2 N–H and O–H groups in total. The number of rotatable bonds is 5. The number of carbonyl (C=O) groups excluding carboxylic acids is 1. The van der Waals surface area contributed by atoms with Crippen molar-refractivity contribution < 1.29 is 9.90 Å². The molecule has 0 saturated heterocycles. The van der Waals surface area contributed by atoms with Crippen molar-refractivity contribution in [2.45, 2.75) is 31.1 Å². The molecule has 0 saturated carbocycles. The van der Waals surface area contributed by atoms with Crippen molar-refractivity contribution >= 4 is 21.8 Å². The van der Waals surface area contributed by atoms with Gasteiger partial charge in [0, 0.05) is 0 Å². The van der Waals surface area contributed by atoms with E-state index in [1.165, 1.54) is 0 Å². The van der Waals surface area contributed by atoms with E-state index in [9.17, 15) is 9.90 Å². The molecule has 2 unspecified atom stereocenters. The van der Waals surface area contributed by atoms with Crippen molar-refractivity contribution in [3.8, 4) is 0 Å². The lowest BCUT2D eigenvalue weighted by molar-refractivity contribution is -0.123. The van der Waals surface area contributed by atoms with E-state index in [1.54, 1.807) is 0 Å². The smallest absolute Gasteiger partial charge is 0.234 e. The Morgan fingerprint density at radius 1 is 1.39 bits per heavy atom. The Balaban J connectivity index is 2.87. The SMILES string of the molecule is CC(C)C(Br)C(=O)NC(C)(CO)c1ccccc1. The van der Waals surface area contributed by atoms with Gasteiger partial charge in [0.15, 0.2) is 0 Å². The maximum atomic E-state index is 12.1. The normalized spacial score (nSPS) is 16.1. The number of alkyl halides is 1. The van der Waals surface area contributed by atoms with Crippen LogP contribution in [0.4, 0.5) is 0 Å². The van der Waals surface area contributed by atoms with Gasteiger partial charge in [-0.2, -0.15) is 0 Å². The highest BCUT2D eigenvalue weighted by Crippen LogP contribution is 2.22. The van der Waals surface area contributed by atoms with Gasteiger partial charge in [-0.1, -0.05) is 60.1 Å². The first-order chi connectivity index (χ1) is 8.40. The van der Waals surface area contributed by atoms with Gasteiger partial charge in [0.25, 0.3) is 0 Å². The highest BCUT2D eigenvalue weighted by molar-refractivity contribution is 9.10. The Bertz CT molecular complexity index is 394. The van der Waals surface area contributed by atoms with Gasteiger partial charge in [-0.05, 0) is 18.4 Å². The third-order valence-corrected chi connectivity index (χ3v) is 4.44. The summed E-state index contributed by atoms with van der Waals surface area (Å²) in [5.41, 5.74) is 0.142. The molecule has 0 bridgehead atoms. The van der Waals surface area contributed by atoms with E-state index in [4.69, 9.17) is 0 Å². The Labute approximate surface area is 117 Å². The summed E-state index contributed by atoms with van der Waals surface area (Å²) < 4.78 is 0. The van der Waals surface area contributed by atoms with E-state index in [0.717, 1.165) is 5.56 Å². The van der Waals surface area contributed by atoms with Crippen LogP contribution in [0, 0.1) is 5.92 Å². The first-order valence-corrected chi connectivity index (χ1v) is 6.95. The van der Waals surface area contributed by atoms with Crippen molar-refractivity contribution in [3.05, 3.63) is 35.9 Å². The number of hydrogen-bond acceptors (Lipinski definition) is 2. The largest absolute Gasteiger partial charge is 0.394 e. The first-order valence-electron chi connectivity index (χ1n) is 6.03. The molecule has 0 aromatic heterocycles. The van der Waals surface area contributed by atoms with Crippen LogP contribution in [0.25, 0.3) is 0 Å². The predicted molar refractivity (Wildman–Crippen MR) is 76.6 cm³/mol. The zero-order valence-corrected chi connectivity index (χ0v) is 12.6. The summed E-state index contributed by atoms with van der Waals surface area (Å²) in [5, 5.41) is 12.5. The molecule has 100 valence electrons. The molecule has 1 rings (SSSR count). The van der Waals surface area contributed by atoms with Crippen LogP contribution in [0.2, 0.25) is 0 Å². The Morgan fingerprint density at radius 2 is 1.94 bits per heavy atom. The fourth-order valence-corrected chi connectivity index (χ4v) is 1.77. The summed E-state index contributed by atoms with van der Waals surface area (Å²) >= 11 is 3.37. The second-order valence-electron chi connectivity index (χ2n) is 4.99. The Morgan fingerprint density at radius 3 is 2.39 bits per heavy atom. The minimum atomic E-state index is -0.751. The molecule has 0 heterocycles. The van der Waals surface area contributed by atoms with Crippen molar-refractivity contribution in [1.29, 1.82) is 0 Å². The van der Waals surface area contributed by atoms with Crippen LogP contribution in [0.3, 0.4) is 0 Å².